The molecule has 0 aliphatic heterocycles. The van der Waals surface area contributed by atoms with E-state index in [0.29, 0.717) is 35.7 Å². The molecule has 0 unspecified atom stereocenters. The first kappa shape index (κ1) is 13.9. The lowest BCUT2D eigenvalue weighted by molar-refractivity contribution is 0.130. The van der Waals surface area contributed by atoms with Crippen LogP contribution in [-0.2, 0) is 4.74 Å². The summed E-state index contributed by atoms with van der Waals surface area (Å²) in [6.07, 6.45) is 2.58. The molecule has 2 aromatic rings. The van der Waals surface area contributed by atoms with Crippen molar-refractivity contribution < 1.29 is 4.74 Å². The van der Waals surface area contributed by atoms with Gasteiger partial charge >= 0.3 is 0 Å². The first-order valence-electron chi connectivity index (χ1n) is 7.22. The minimum absolute atomic E-state index is 0.173. The van der Waals surface area contributed by atoms with Crippen molar-refractivity contribution in [3.05, 3.63) is 28.6 Å². The van der Waals surface area contributed by atoms with Gasteiger partial charge in [0.15, 0.2) is 0 Å². The van der Waals surface area contributed by atoms with Crippen molar-refractivity contribution in [3.8, 4) is 0 Å². The van der Waals surface area contributed by atoms with Crippen LogP contribution in [0.1, 0.15) is 12.8 Å². The molecule has 0 atom stereocenters. The number of fused-ring (bicyclic) bond motifs is 1. The van der Waals surface area contributed by atoms with Crippen LogP contribution >= 0.6 is 0 Å². The van der Waals surface area contributed by atoms with Crippen molar-refractivity contribution in [1.82, 2.24) is 9.97 Å². The van der Waals surface area contributed by atoms with Crippen LogP contribution in [0.25, 0.3) is 10.9 Å². The van der Waals surface area contributed by atoms with E-state index in [-0.39, 0.29) is 5.56 Å². The number of ether oxygens (including phenoxy) is 1. The van der Waals surface area contributed by atoms with E-state index in [0.717, 1.165) is 12.5 Å². The second kappa shape index (κ2) is 5.73. The number of H-pyrrole nitrogens is 1. The summed E-state index contributed by atoms with van der Waals surface area (Å²) >= 11 is 0. The molecule has 0 radical (unpaired) electrons. The Labute approximate surface area is 122 Å². The normalized spacial score (nSPS) is 14.5. The number of aromatic nitrogens is 2. The van der Waals surface area contributed by atoms with E-state index in [4.69, 9.17) is 10.5 Å². The van der Waals surface area contributed by atoms with Gasteiger partial charge in [0.25, 0.3) is 5.56 Å². The van der Waals surface area contributed by atoms with Gasteiger partial charge in [-0.2, -0.15) is 0 Å². The predicted octanol–water partition coefficient (Wildman–Crippen LogP) is 1.37. The van der Waals surface area contributed by atoms with Crippen LogP contribution in [0.4, 0.5) is 11.6 Å². The molecule has 0 spiro atoms. The summed E-state index contributed by atoms with van der Waals surface area (Å²) in [4.78, 5) is 21.2. The summed E-state index contributed by atoms with van der Waals surface area (Å²) in [5.74, 6) is 1.31. The number of rotatable bonds is 6. The summed E-state index contributed by atoms with van der Waals surface area (Å²) in [7, 11) is 1.89. The standard InChI is InChI=1S/C15H20N4O2/c1-19(6-7-21-9-10-2-3-10)15-17-13-5-4-11(16)8-12(13)14(20)18-15/h4-5,8,10H,2-3,6-7,9,16H2,1H3,(H,17,18,20). The van der Waals surface area contributed by atoms with Gasteiger partial charge in [0.1, 0.15) is 0 Å². The van der Waals surface area contributed by atoms with Gasteiger partial charge in [-0.05, 0) is 37.0 Å². The highest BCUT2D eigenvalue weighted by molar-refractivity contribution is 5.81. The van der Waals surface area contributed by atoms with Crippen molar-refractivity contribution in [2.24, 2.45) is 5.92 Å². The molecule has 0 bridgehead atoms. The average molecular weight is 288 g/mol. The first-order valence-corrected chi connectivity index (χ1v) is 7.22. The molecule has 1 fully saturated rings. The van der Waals surface area contributed by atoms with Crippen LogP contribution in [0.3, 0.4) is 0 Å². The Kier molecular flexibility index (Phi) is 3.79. The molecular formula is C15H20N4O2. The van der Waals surface area contributed by atoms with Gasteiger partial charge in [-0.15, -0.1) is 0 Å². The smallest absolute Gasteiger partial charge is 0.260 e. The minimum atomic E-state index is -0.173. The lowest BCUT2D eigenvalue weighted by atomic mass is 10.2. The monoisotopic (exact) mass is 288 g/mol. The number of benzene rings is 1. The van der Waals surface area contributed by atoms with Crippen LogP contribution in [0.15, 0.2) is 23.0 Å². The average Bonchev–Trinajstić information content (AvgIpc) is 3.28. The second-order valence-electron chi connectivity index (χ2n) is 5.61. The molecule has 1 heterocycles. The van der Waals surface area contributed by atoms with Crippen LogP contribution in [0.2, 0.25) is 0 Å². The third-order valence-electron chi connectivity index (χ3n) is 3.70. The van der Waals surface area contributed by atoms with Gasteiger partial charge in [-0.25, -0.2) is 4.98 Å². The summed E-state index contributed by atoms with van der Waals surface area (Å²) in [6.45, 7) is 2.17. The van der Waals surface area contributed by atoms with Gasteiger partial charge in [-0.1, -0.05) is 0 Å². The zero-order valence-electron chi connectivity index (χ0n) is 12.1. The van der Waals surface area contributed by atoms with E-state index < -0.39 is 0 Å². The maximum atomic E-state index is 12.1. The molecule has 6 heteroatoms. The number of anilines is 2. The molecule has 0 saturated heterocycles. The Morgan fingerprint density at radius 1 is 1.48 bits per heavy atom. The first-order chi connectivity index (χ1) is 10.1. The maximum Gasteiger partial charge on any atom is 0.260 e. The maximum absolute atomic E-state index is 12.1. The van der Waals surface area contributed by atoms with E-state index in [1.807, 2.05) is 11.9 Å². The Hall–Kier alpha value is -2.08. The molecule has 0 amide bonds. The molecule has 6 nitrogen and oxygen atoms in total. The highest BCUT2D eigenvalue weighted by atomic mass is 16.5. The molecule has 3 rings (SSSR count). The molecule has 1 aliphatic rings. The lowest BCUT2D eigenvalue weighted by Crippen LogP contribution is -2.27. The highest BCUT2D eigenvalue weighted by Crippen LogP contribution is 2.28. The number of hydrogen-bond donors (Lipinski definition) is 2. The Balaban J connectivity index is 1.70. The molecule has 1 aromatic heterocycles. The van der Waals surface area contributed by atoms with Crippen LogP contribution in [0, 0.1) is 5.92 Å². The molecule has 1 saturated carbocycles. The van der Waals surface area contributed by atoms with Crippen LogP contribution in [0.5, 0.6) is 0 Å². The zero-order chi connectivity index (χ0) is 14.8. The third-order valence-corrected chi connectivity index (χ3v) is 3.70. The Bertz CT molecular complexity index is 694. The predicted molar refractivity (Wildman–Crippen MR) is 83.6 cm³/mol. The summed E-state index contributed by atoms with van der Waals surface area (Å²) < 4.78 is 5.61. The number of aromatic amines is 1. The molecule has 3 N–H and O–H groups in total. The quantitative estimate of drug-likeness (QED) is 0.619. The van der Waals surface area contributed by atoms with Gasteiger partial charge in [0.2, 0.25) is 5.95 Å². The van der Waals surface area contributed by atoms with E-state index >= 15 is 0 Å². The number of nitrogens with one attached hydrogen (secondary N) is 1. The summed E-state index contributed by atoms with van der Waals surface area (Å²) in [6, 6.07) is 5.15. The number of hydrogen-bond acceptors (Lipinski definition) is 5. The van der Waals surface area contributed by atoms with E-state index in [9.17, 15) is 4.79 Å². The fraction of sp³-hybridized carbons (Fsp3) is 0.467. The van der Waals surface area contributed by atoms with Gasteiger partial charge < -0.3 is 15.4 Å². The van der Waals surface area contributed by atoms with Gasteiger partial charge in [0.05, 0.1) is 17.5 Å². The Morgan fingerprint density at radius 3 is 3.05 bits per heavy atom. The van der Waals surface area contributed by atoms with Crippen molar-refractivity contribution in [3.63, 3.8) is 0 Å². The SMILES string of the molecule is CN(CCOCC1CC1)c1nc2ccc(N)cc2c(=O)[nH]1. The van der Waals surface area contributed by atoms with Crippen molar-refractivity contribution in [2.45, 2.75) is 12.8 Å². The minimum Gasteiger partial charge on any atom is -0.399 e. The number of nitrogen functional groups attached to an aromatic ring is 1. The summed E-state index contributed by atoms with van der Waals surface area (Å²) in [5, 5.41) is 0.511. The second-order valence-corrected chi connectivity index (χ2v) is 5.61. The fourth-order valence-electron chi connectivity index (χ4n) is 2.17. The number of likely N-dealkylation sites (N-methyl/N-ethyl adjacent to an activating group) is 1. The molecule has 1 aromatic carbocycles. The zero-order valence-corrected chi connectivity index (χ0v) is 12.1. The van der Waals surface area contributed by atoms with E-state index in [1.54, 1.807) is 18.2 Å². The lowest BCUT2D eigenvalue weighted by Gasteiger charge is -2.17. The van der Waals surface area contributed by atoms with Crippen molar-refractivity contribution in [1.29, 1.82) is 0 Å². The van der Waals surface area contributed by atoms with Crippen LogP contribution < -0.4 is 16.2 Å². The number of nitrogens with two attached hydrogens (primary N) is 1. The topological polar surface area (TPSA) is 84.2 Å². The van der Waals surface area contributed by atoms with E-state index in [2.05, 4.69) is 9.97 Å². The molecule has 112 valence electrons. The Morgan fingerprint density at radius 2 is 2.29 bits per heavy atom. The van der Waals surface area contributed by atoms with Gasteiger partial charge in [0, 0.05) is 25.9 Å². The summed E-state index contributed by atoms with van der Waals surface area (Å²) in [5.41, 5.74) is 6.73. The van der Waals surface area contributed by atoms with Crippen LogP contribution in [-0.4, -0.2) is 36.8 Å². The fourth-order valence-corrected chi connectivity index (χ4v) is 2.17. The number of nitrogens with zero attached hydrogens (tertiary/aromatic N) is 2. The van der Waals surface area contributed by atoms with Crippen molar-refractivity contribution >= 4 is 22.5 Å². The van der Waals surface area contributed by atoms with E-state index in [1.165, 1.54) is 12.8 Å². The largest absolute Gasteiger partial charge is 0.399 e. The molecule has 21 heavy (non-hydrogen) atoms. The van der Waals surface area contributed by atoms with Gasteiger partial charge in [-0.3, -0.25) is 9.78 Å². The van der Waals surface area contributed by atoms with Crippen molar-refractivity contribution in [2.75, 3.05) is 37.4 Å². The molecular weight excluding hydrogens is 268 g/mol. The highest BCUT2D eigenvalue weighted by Gasteiger charge is 2.21. The third kappa shape index (κ3) is 3.33. The molecule has 1 aliphatic carbocycles.